The van der Waals surface area contributed by atoms with Crippen LogP contribution in [-0.2, 0) is 24.3 Å². The van der Waals surface area contributed by atoms with E-state index in [0.29, 0.717) is 30.2 Å². The molecule has 0 unspecified atom stereocenters. The summed E-state index contributed by atoms with van der Waals surface area (Å²) in [5.74, 6) is 1.43. The van der Waals surface area contributed by atoms with Crippen LogP contribution in [0.15, 0.2) is 16.9 Å². The number of aromatic nitrogens is 3. The van der Waals surface area contributed by atoms with Crippen molar-refractivity contribution in [2.45, 2.75) is 39.8 Å². The number of ether oxygens (including phenoxy) is 1. The topological polar surface area (TPSA) is 82.2 Å². The van der Waals surface area contributed by atoms with Crippen molar-refractivity contribution in [1.29, 1.82) is 0 Å². The van der Waals surface area contributed by atoms with Crippen molar-refractivity contribution in [3.63, 3.8) is 0 Å². The summed E-state index contributed by atoms with van der Waals surface area (Å²) in [6.45, 7) is 5.55. The molecule has 7 nitrogen and oxygen atoms in total. The number of imidazole rings is 1. The Bertz CT molecular complexity index is 618. The van der Waals surface area contributed by atoms with Gasteiger partial charge in [-0.3, -0.25) is 4.79 Å². The minimum absolute atomic E-state index is 0.231. The number of hydrogen-bond donors (Lipinski definition) is 1. The molecule has 2 heterocycles. The van der Waals surface area contributed by atoms with E-state index in [9.17, 15) is 4.79 Å². The van der Waals surface area contributed by atoms with Crippen LogP contribution in [-0.4, -0.2) is 34.3 Å². The average Bonchev–Trinajstić information content (AvgIpc) is 3.11. The molecule has 1 amide bonds. The van der Waals surface area contributed by atoms with Crippen LogP contribution in [0.25, 0.3) is 0 Å². The molecule has 0 radical (unpaired) electrons. The predicted molar refractivity (Wildman–Crippen MR) is 80.5 cm³/mol. The Morgan fingerprint density at radius 2 is 2.32 bits per heavy atom. The number of rotatable bonds is 8. The standard InChI is InChI=1S/C15H22N4O3/c1-4-13-16-7-9-19(13)8-5-6-17-15(20)14-12(10-21-3)11(2)22-18-14/h7,9H,4-6,8,10H2,1-3H3,(H,17,20). The molecule has 120 valence electrons. The summed E-state index contributed by atoms with van der Waals surface area (Å²) in [4.78, 5) is 16.4. The Morgan fingerprint density at radius 1 is 1.50 bits per heavy atom. The largest absolute Gasteiger partial charge is 0.380 e. The first-order valence-corrected chi connectivity index (χ1v) is 7.39. The van der Waals surface area contributed by atoms with E-state index in [4.69, 9.17) is 9.26 Å². The van der Waals surface area contributed by atoms with Crippen LogP contribution in [0.3, 0.4) is 0 Å². The van der Waals surface area contributed by atoms with Gasteiger partial charge in [0.05, 0.1) is 12.2 Å². The molecule has 0 fully saturated rings. The number of carbonyl (C=O) groups excluding carboxylic acids is 1. The van der Waals surface area contributed by atoms with Gasteiger partial charge in [-0.15, -0.1) is 0 Å². The monoisotopic (exact) mass is 306 g/mol. The van der Waals surface area contributed by atoms with E-state index in [1.165, 1.54) is 0 Å². The Balaban J connectivity index is 1.83. The van der Waals surface area contributed by atoms with E-state index in [1.54, 1.807) is 20.2 Å². The van der Waals surface area contributed by atoms with Gasteiger partial charge in [-0.25, -0.2) is 4.98 Å². The van der Waals surface area contributed by atoms with E-state index >= 15 is 0 Å². The molecule has 2 aromatic heterocycles. The van der Waals surface area contributed by atoms with Gasteiger partial charge in [-0.1, -0.05) is 12.1 Å². The Morgan fingerprint density at radius 3 is 3.05 bits per heavy atom. The van der Waals surface area contributed by atoms with Gasteiger partial charge in [0.1, 0.15) is 11.6 Å². The van der Waals surface area contributed by atoms with E-state index < -0.39 is 0 Å². The molecule has 0 aliphatic carbocycles. The maximum atomic E-state index is 12.1. The highest BCUT2D eigenvalue weighted by Gasteiger charge is 2.19. The van der Waals surface area contributed by atoms with Gasteiger partial charge >= 0.3 is 0 Å². The van der Waals surface area contributed by atoms with E-state index in [0.717, 1.165) is 25.2 Å². The lowest BCUT2D eigenvalue weighted by Crippen LogP contribution is -2.26. The summed E-state index contributed by atoms with van der Waals surface area (Å²) in [6, 6.07) is 0. The zero-order chi connectivity index (χ0) is 15.9. The third-order valence-electron chi connectivity index (χ3n) is 3.47. The Labute approximate surface area is 129 Å². The maximum absolute atomic E-state index is 12.1. The van der Waals surface area contributed by atoms with Gasteiger partial charge in [0.2, 0.25) is 0 Å². The molecule has 7 heteroatoms. The molecule has 1 N–H and O–H groups in total. The molecule has 0 saturated carbocycles. The number of nitrogens with zero attached hydrogens (tertiary/aromatic N) is 3. The van der Waals surface area contributed by atoms with Crippen LogP contribution in [0.4, 0.5) is 0 Å². The molecule has 0 bridgehead atoms. The van der Waals surface area contributed by atoms with Crippen LogP contribution < -0.4 is 5.32 Å². The first kappa shape index (κ1) is 16.2. The first-order valence-electron chi connectivity index (χ1n) is 7.39. The molecule has 22 heavy (non-hydrogen) atoms. The number of methoxy groups -OCH3 is 1. The average molecular weight is 306 g/mol. The van der Waals surface area contributed by atoms with Crippen LogP contribution in [0, 0.1) is 6.92 Å². The van der Waals surface area contributed by atoms with Crippen molar-refractivity contribution in [3.8, 4) is 0 Å². The minimum atomic E-state index is -0.231. The van der Waals surface area contributed by atoms with Gasteiger partial charge in [0.15, 0.2) is 5.69 Å². The predicted octanol–water partition coefficient (Wildman–Crippen LogP) is 1.71. The zero-order valence-electron chi connectivity index (χ0n) is 13.3. The summed E-state index contributed by atoms with van der Waals surface area (Å²) in [5.41, 5.74) is 0.999. The fourth-order valence-corrected chi connectivity index (χ4v) is 2.28. The molecule has 0 atom stereocenters. The van der Waals surface area contributed by atoms with Crippen LogP contribution >= 0.6 is 0 Å². The van der Waals surface area contributed by atoms with Crippen molar-refractivity contribution < 1.29 is 14.1 Å². The summed E-state index contributed by atoms with van der Waals surface area (Å²) in [5, 5.41) is 6.67. The lowest BCUT2D eigenvalue weighted by Gasteiger charge is -2.07. The third kappa shape index (κ3) is 3.73. The number of hydrogen-bond acceptors (Lipinski definition) is 5. The highest BCUT2D eigenvalue weighted by Crippen LogP contribution is 2.14. The fraction of sp³-hybridized carbons (Fsp3) is 0.533. The van der Waals surface area contributed by atoms with Crippen molar-refractivity contribution in [3.05, 3.63) is 35.2 Å². The summed E-state index contributed by atoms with van der Waals surface area (Å²) >= 11 is 0. The Hall–Kier alpha value is -2.15. The Kier molecular flexibility index (Phi) is 5.71. The van der Waals surface area contributed by atoms with E-state index in [2.05, 4.69) is 26.9 Å². The zero-order valence-corrected chi connectivity index (χ0v) is 13.3. The molecular formula is C15H22N4O3. The molecule has 2 rings (SSSR count). The number of nitrogens with one attached hydrogen (secondary N) is 1. The minimum Gasteiger partial charge on any atom is -0.380 e. The lowest BCUT2D eigenvalue weighted by molar-refractivity contribution is 0.0939. The normalized spacial score (nSPS) is 10.9. The van der Waals surface area contributed by atoms with Gasteiger partial charge in [0, 0.05) is 39.0 Å². The number of amides is 1. The van der Waals surface area contributed by atoms with Gasteiger partial charge in [-0.2, -0.15) is 0 Å². The van der Waals surface area contributed by atoms with E-state index in [1.807, 2.05) is 6.20 Å². The van der Waals surface area contributed by atoms with Crippen molar-refractivity contribution in [2.75, 3.05) is 13.7 Å². The van der Waals surface area contributed by atoms with Crippen LogP contribution in [0.1, 0.15) is 41.0 Å². The number of carbonyl (C=O) groups is 1. The molecular weight excluding hydrogens is 284 g/mol. The summed E-state index contributed by atoms with van der Waals surface area (Å²) in [7, 11) is 1.57. The van der Waals surface area contributed by atoms with Gasteiger partial charge < -0.3 is 19.1 Å². The number of aryl methyl sites for hydroxylation is 3. The van der Waals surface area contributed by atoms with Crippen LogP contribution in [0.2, 0.25) is 0 Å². The van der Waals surface area contributed by atoms with Gasteiger partial charge in [-0.05, 0) is 13.3 Å². The highest BCUT2D eigenvalue weighted by molar-refractivity contribution is 5.93. The molecule has 0 aromatic carbocycles. The third-order valence-corrected chi connectivity index (χ3v) is 3.47. The second-order valence-corrected chi connectivity index (χ2v) is 5.00. The van der Waals surface area contributed by atoms with Crippen LogP contribution in [0.5, 0.6) is 0 Å². The maximum Gasteiger partial charge on any atom is 0.273 e. The summed E-state index contributed by atoms with van der Waals surface area (Å²) in [6.07, 6.45) is 5.48. The summed E-state index contributed by atoms with van der Waals surface area (Å²) < 4.78 is 12.2. The highest BCUT2D eigenvalue weighted by atomic mass is 16.5. The molecule has 2 aromatic rings. The molecule has 0 aliphatic rings. The van der Waals surface area contributed by atoms with Crippen molar-refractivity contribution in [1.82, 2.24) is 20.0 Å². The second kappa shape index (κ2) is 7.74. The first-order chi connectivity index (χ1) is 10.7. The lowest BCUT2D eigenvalue weighted by atomic mass is 10.2. The van der Waals surface area contributed by atoms with Gasteiger partial charge in [0.25, 0.3) is 5.91 Å². The van der Waals surface area contributed by atoms with Crippen molar-refractivity contribution >= 4 is 5.91 Å². The SMILES string of the molecule is CCc1nccn1CCCNC(=O)c1noc(C)c1COC. The molecule has 0 saturated heterocycles. The second-order valence-electron chi connectivity index (χ2n) is 5.00. The molecule has 0 spiro atoms. The fourth-order valence-electron chi connectivity index (χ4n) is 2.28. The smallest absolute Gasteiger partial charge is 0.273 e. The van der Waals surface area contributed by atoms with E-state index in [-0.39, 0.29) is 5.91 Å². The quantitative estimate of drug-likeness (QED) is 0.751. The molecule has 0 aliphatic heterocycles. The van der Waals surface area contributed by atoms with Crippen molar-refractivity contribution in [2.24, 2.45) is 0 Å².